The van der Waals surface area contributed by atoms with Crippen LogP contribution in [0.5, 0.6) is 0 Å². The van der Waals surface area contributed by atoms with E-state index in [1.165, 1.54) is 0 Å². The Balaban J connectivity index is 3.10. The van der Waals surface area contributed by atoms with Crippen molar-refractivity contribution in [1.29, 1.82) is 0 Å². The molecule has 0 aliphatic carbocycles. The van der Waals surface area contributed by atoms with Gasteiger partial charge in [-0.3, -0.25) is 0 Å². The van der Waals surface area contributed by atoms with E-state index in [0.717, 1.165) is 12.1 Å². The second-order valence-corrected chi connectivity index (χ2v) is 2.83. The lowest BCUT2D eigenvalue weighted by atomic mass is 10.1. The standard InChI is InChI=1S/C9H6F5/c1-6-2-4-7(5-3-6)8(10,11)9(12,13)14/h2,4-5H,1H3. The molecule has 77 valence electrons. The molecular weight excluding hydrogens is 203 g/mol. The van der Waals surface area contributed by atoms with Crippen LogP contribution in [0.1, 0.15) is 11.1 Å². The second kappa shape index (κ2) is 3.22. The number of alkyl halides is 5. The summed E-state index contributed by atoms with van der Waals surface area (Å²) in [6.45, 7) is 1.55. The first-order valence-electron chi connectivity index (χ1n) is 3.68. The normalized spacial score (nSPS) is 13.0. The van der Waals surface area contributed by atoms with Crippen LogP contribution >= 0.6 is 0 Å². The van der Waals surface area contributed by atoms with Gasteiger partial charge in [-0.25, -0.2) is 0 Å². The van der Waals surface area contributed by atoms with Gasteiger partial charge in [0.1, 0.15) is 0 Å². The minimum absolute atomic E-state index is 0.506. The number of halogens is 5. The van der Waals surface area contributed by atoms with Gasteiger partial charge in [-0.2, -0.15) is 22.0 Å². The third kappa shape index (κ3) is 1.86. The average Bonchev–Trinajstić information content (AvgIpc) is 2.03. The predicted molar refractivity (Wildman–Crippen MR) is 40.0 cm³/mol. The highest BCUT2D eigenvalue weighted by molar-refractivity contribution is 5.25. The van der Waals surface area contributed by atoms with Crippen LogP contribution in [0.4, 0.5) is 22.0 Å². The molecule has 0 N–H and O–H groups in total. The molecule has 1 aromatic carbocycles. The van der Waals surface area contributed by atoms with Crippen LogP contribution in [-0.2, 0) is 5.92 Å². The van der Waals surface area contributed by atoms with Crippen LogP contribution in [0.3, 0.4) is 0 Å². The average molecular weight is 209 g/mol. The molecule has 1 radical (unpaired) electrons. The smallest absolute Gasteiger partial charge is 0.191 e. The van der Waals surface area contributed by atoms with Gasteiger partial charge in [0, 0.05) is 5.56 Å². The molecule has 0 aliphatic rings. The summed E-state index contributed by atoms with van der Waals surface area (Å²) >= 11 is 0. The van der Waals surface area contributed by atoms with E-state index in [1.54, 1.807) is 6.92 Å². The number of aryl methyl sites for hydroxylation is 1. The van der Waals surface area contributed by atoms with Gasteiger partial charge in [-0.15, -0.1) is 0 Å². The number of rotatable bonds is 1. The van der Waals surface area contributed by atoms with Gasteiger partial charge in [-0.1, -0.05) is 12.1 Å². The summed E-state index contributed by atoms with van der Waals surface area (Å²) in [7, 11) is 0. The van der Waals surface area contributed by atoms with Crippen LogP contribution < -0.4 is 0 Å². The Morgan fingerprint density at radius 3 is 2.00 bits per heavy atom. The first-order valence-corrected chi connectivity index (χ1v) is 3.68. The summed E-state index contributed by atoms with van der Waals surface area (Å²) in [5, 5.41) is 0. The summed E-state index contributed by atoms with van der Waals surface area (Å²) in [6, 6.07) is 4.86. The van der Waals surface area contributed by atoms with Crippen molar-refractivity contribution in [1.82, 2.24) is 0 Å². The van der Waals surface area contributed by atoms with Crippen molar-refractivity contribution in [2.75, 3.05) is 0 Å². The molecule has 0 bridgehead atoms. The maximum absolute atomic E-state index is 12.6. The minimum atomic E-state index is -5.56. The van der Waals surface area contributed by atoms with Gasteiger partial charge in [0.25, 0.3) is 0 Å². The molecule has 0 aromatic heterocycles. The lowest BCUT2D eigenvalue weighted by molar-refractivity contribution is -0.289. The van der Waals surface area contributed by atoms with Gasteiger partial charge in [0.15, 0.2) is 0 Å². The molecule has 0 aliphatic heterocycles. The Hall–Kier alpha value is -1.13. The predicted octanol–water partition coefficient (Wildman–Crippen LogP) is 3.45. The van der Waals surface area contributed by atoms with Gasteiger partial charge >= 0.3 is 12.1 Å². The fraction of sp³-hybridized carbons (Fsp3) is 0.333. The number of hydrogen-bond donors (Lipinski definition) is 0. The van der Waals surface area contributed by atoms with Crippen molar-refractivity contribution in [3.63, 3.8) is 0 Å². The quantitative estimate of drug-likeness (QED) is 0.621. The summed E-state index contributed by atoms with van der Waals surface area (Å²) in [5.41, 5.74) is -0.581. The molecule has 14 heavy (non-hydrogen) atoms. The summed E-state index contributed by atoms with van der Waals surface area (Å²) in [6.07, 6.45) is -5.56. The van der Waals surface area contributed by atoms with E-state index in [0.29, 0.717) is 11.6 Å². The molecule has 0 spiro atoms. The molecule has 0 nitrogen and oxygen atoms in total. The van der Waals surface area contributed by atoms with E-state index in [-0.39, 0.29) is 0 Å². The minimum Gasteiger partial charge on any atom is -0.191 e. The fourth-order valence-corrected chi connectivity index (χ4v) is 0.862. The third-order valence-electron chi connectivity index (χ3n) is 1.69. The van der Waals surface area contributed by atoms with Crippen LogP contribution in [0, 0.1) is 13.0 Å². The van der Waals surface area contributed by atoms with E-state index < -0.39 is 17.7 Å². The third-order valence-corrected chi connectivity index (χ3v) is 1.69. The van der Waals surface area contributed by atoms with Crippen molar-refractivity contribution in [2.24, 2.45) is 0 Å². The molecule has 0 saturated heterocycles. The van der Waals surface area contributed by atoms with Crippen molar-refractivity contribution >= 4 is 0 Å². The van der Waals surface area contributed by atoms with Gasteiger partial charge in [0.2, 0.25) is 0 Å². The Morgan fingerprint density at radius 2 is 1.64 bits per heavy atom. The van der Waals surface area contributed by atoms with Crippen molar-refractivity contribution < 1.29 is 22.0 Å². The Morgan fingerprint density at radius 1 is 1.07 bits per heavy atom. The summed E-state index contributed by atoms with van der Waals surface area (Å²) in [4.78, 5) is 0. The van der Waals surface area contributed by atoms with E-state index in [1.807, 2.05) is 0 Å². The topological polar surface area (TPSA) is 0 Å². The van der Waals surface area contributed by atoms with Crippen molar-refractivity contribution in [2.45, 2.75) is 19.0 Å². The Bertz CT molecular complexity index is 309. The molecule has 0 saturated carbocycles. The monoisotopic (exact) mass is 209 g/mol. The molecule has 0 amide bonds. The maximum atomic E-state index is 12.6. The molecular formula is C9H6F5. The van der Waals surface area contributed by atoms with E-state index in [4.69, 9.17) is 0 Å². The largest absolute Gasteiger partial charge is 0.458 e. The lowest BCUT2D eigenvalue weighted by Crippen LogP contribution is -2.33. The Kier molecular flexibility index (Phi) is 2.52. The molecule has 1 aromatic rings. The fourth-order valence-electron chi connectivity index (χ4n) is 0.862. The Labute approximate surface area is 77.4 Å². The first kappa shape index (κ1) is 10.9. The van der Waals surface area contributed by atoms with Crippen LogP contribution in [0.15, 0.2) is 18.2 Å². The van der Waals surface area contributed by atoms with Crippen LogP contribution in [0.25, 0.3) is 0 Å². The molecule has 1 rings (SSSR count). The summed E-state index contributed by atoms with van der Waals surface area (Å²) in [5.74, 6) is -4.81. The highest BCUT2D eigenvalue weighted by Crippen LogP contribution is 2.43. The van der Waals surface area contributed by atoms with Crippen molar-refractivity contribution in [3.05, 3.63) is 35.4 Å². The zero-order valence-corrected chi connectivity index (χ0v) is 7.12. The molecule has 0 heterocycles. The zero-order valence-electron chi connectivity index (χ0n) is 7.12. The van der Waals surface area contributed by atoms with E-state index in [9.17, 15) is 22.0 Å². The van der Waals surface area contributed by atoms with Crippen molar-refractivity contribution in [3.8, 4) is 0 Å². The number of hydrogen-bond acceptors (Lipinski definition) is 0. The number of benzene rings is 1. The molecule has 0 fully saturated rings. The highest BCUT2D eigenvalue weighted by Gasteiger charge is 2.58. The molecule has 5 heteroatoms. The molecule has 0 unspecified atom stereocenters. The van der Waals surface area contributed by atoms with Gasteiger partial charge in [0.05, 0.1) is 0 Å². The van der Waals surface area contributed by atoms with E-state index in [2.05, 4.69) is 6.07 Å². The summed E-state index contributed by atoms with van der Waals surface area (Å²) < 4.78 is 60.9. The first-order chi connectivity index (χ1) is 6.25. The zero-order chi connectivity index (χ0) is 11.0. The molecule has 0 atom stereocenters. The lowest BCUT2D eigenvalue weighted by Gasteiger charge is -2.19. The second-order valence-electron chi connectivity index (χ2n) is 2.83. The SMILES string of the molecule is Cc1[c]cc(C(F)(F)C(F)(F)F)cc1. The van der Waals surface area contributed by atoms with Gasteiger partial charge < -0.3 is 0 Å². The highest BCUT2D eigenvalue weighted by atomic mass is 19.4. The van der Waals surface area contributed by atoms with E-state index >= 15 is 0 Å². The van der Waals surface area contributed by atoms with Gasteiger partial charge in [-0.05, 0) is 24.6 Å². The van der Waals surface area contributed by atoms with Crippen LogP contribution in [0.2, 0.25) is 0 Å². The maximum Gasteiger partial charge on any atom is 0.458 e. The van der Waals surface area contributed by atoms with Crippen LogP contribution in [-0.4, -0.2) is 6.18 Å².